The van der Waals surface area contributed by atoms with E-state index in [4.69, 9.17) is 4.74 Å². The molecule has 0 bridgehead atoms. The van der Waals surface area contributed by atoms with E-state index in [9.17, 15) is 4.79 Å². The molecule has 3 aromatic rings. The van der Waals surface area contributed by atoms with Crippen LogP contribution in [-0.2, 0) is 0 Å². The Morgan fingerprint density at radius 1 is 1.21 bits per heavy atom. The van der Waals surface area contributed by atoms with E-state index < -0.39 is 0 Å². The van der Waals surface area contributed by atoms with Gasteiger partial charge in [-0.05, 0) is 30.3 Å². The lowest BCUT2D eigenvalue weighted by molar-refractivity contribution is 0.102. The second-order valence-electron chi connectivity index (χ2n) is 4.89. The van der Waals surface area contributed by atoms with Gasteiger partial charge in [-0.15, -0.1) is 5.10 Å². The molecule has 1 N–H and O–H groups in total. The number of carbonyl (C=O) groups is 1. The summed E-state index contributed by atoms with van der Waals surface area (Å²) < 4.78 is 6.03. The lowest BCUT2D eigenvalue weighted by Crippen LogP contribution is -2.02. The van der Waals surface area contributed by atoms with Crippen LogP contribution in [0.3, 0.4) is 0 Å². The molecule has 0 spiro atoms. The SMILES string of the molecule is COc1ccc(C(=O)CSc2n[nH]c(-c3ccccc3Br)n2)cc1. The van der Waals surface area contributed by atoms with Crippen molar-refractivity contribution in [2.75, 3.05) is 12.9 Å². The Morgan fingerprint density at radius 3 is 2.67 bits per heavy atom. The number of aromatic amines is 1. The summed E-state index contributed by atoms with van der Waals surface area (Å²) in [6.45, 7) is 0. The summed E-state index contributed by atoms with van der Waals surface area (Å²) in [5.41, 5.74) is 1.57. The molecule has 0 unspecified atom stereocenters. The molecule has 0 saturated carbocycles. The van der Waals surface area contributed by atoms with Gasteiger partial charge in [-0.1, -0.05) is 45.9 Å². The number of H-pyrrole nitrogens is 1. The number of Topliss-reactive ketones (excluding diaryl/α,β-unsaturated/α-hetero) is 1. The summed E-state index contributed by atoms with van der Waals surface area (Å²) >= 11 is 4.79. The van der Waals surface area contributed by atoms with E-state index in [-0.39, 0.29) is 11.5 Å². The molecule has 0 atom stereocenters. The zero-order chi connectivity index (χ0) is 16.9. The fourth-order valence-electron chi connectivity index (χ4n) is 2.08. The maximum Gasteiger partial charge on any atom is 0.209 e. The molecule has 1 aromatic heterocycles. The number of rotatable bonds is 6. The minimum atomic E-state index is 0.0231. The van der Waals surface area contributed by atoms with Crippen LogP contribution < -0.4 is 4.74 Å². The third-order valence-electron chi connectivity index (χ3n) is 3.34. The van der Waals surface area contributed by atoms with Crippen LogP contribution in [0.25, 0.3) is 11.4 Å². The van der Waals surface area contributed by atoms with E-state index in [0.29, 0.717) is 16.5 Å². The molecule has 3 rings (SSSR count). The number of ketones is 1. The van der Waals surface area contributed by atoms with E-state index in [1.165, 1.54) is 11.8 Å². The zero-order valence-electron chi connectivity index (χ0n) is 12.8. The molecular weight excluding hydrogens is 390 g/mol. The van der Waals surface area contributed by atoms with Crippen molar-refractivity contribution in [3.05, 3.63) is 58.6 Å². The van der Waals surface area contributed by atoms with Crippen LogP contribution in [0.4, 0.5) is 0 Å². The van der Waals surface area contributed by atoms with Crippen molar-refractivity contribution in [3.8, 4) is 17.1 Å². The van der Waals surface area contributed by atoms with Gasteiger partial charge < -0.3 is 4.74 Å². The quantitative estimate of drug-likeness (QED) is 0.492. The first kappa shape index (κ1) is 16.7. The first-order valence-electron chi connectivity index (χ1n) is 7.14. The van der Waals surface area contributed by atoms with Gasteiger partial charge in [-0.3, -0.25) is 9.89 Å². The van der Waals surface area contributed by atoms with E-state index >= 15 is 0 Å². The Bertz CT molecular complexity index is 849. The van der Waals surface area contributed by atoms with Crippen LogP contribution in [0.1, 0.15) is 10.4 Å². The first-order chi connectivity index (χ1) is 11.7. The highest BCUT2D eigenvalue weighted by atomic mass is 79.9. The highest BCUT2D eigenvalue weighted by molar-refractivity contribution is 9.10. The van der Waals surface area contributed by atoms with Crippen molar-refractivity contribution in [1.29, 1.82) is 0 Å². The molecule has 0 aliphatic rings. The summed E-state index contributed by atoms with van der Waals surface area (Å²) in [7, 11) is 1.60. The average Bonchev–Trinajstić information content (AvgIpc) is 3.09. The summed E-state index contributed by atoms with van der Waals surface area (Å²) in [5, 5.41) is 7.61. The Labute approximate surface area is 152 Å². The zero-order valence-corrected chi connectivity index (χ0v) is 15.2. The number of nitrogens with one attached hydrogen (secondary N) is 1. The number of methoxy groups -OCH3 is 1. The van der Waals surface area contributed by atoms with Gasteiger partial charge in [-0.25, -0.2) is 4.98 Å². The topological polar surface area (TPSA) is 67.9 Å². The molecule has 0 aliphatic heterocycles. The molecule has 2 aromatic carbocycles. The predicted molar refractivity (Wildman–Crippen MR) is 97.6 cm³/mol. The fourth-order valence-corrected chi connectivity index (χ4v) is 3.24. The number of hydrogen-bond donors (Lipinski definition) is 1. The standard InChI is InChI=1S/C17H14BrN3O2S/c1-23-12-8-6-11(7-9-12)15(22)10-24-17-19-16(20-21-17)13-4-2-3-5-14(13)18/h2-9H,10H2,1H3,(H,19,20,21). The minimum Gasteiger partial charge on any atom is -0.497 e. The van der Waals surface area contributed by atoms with Gasteiger partial charge in [0.2, 0.25) is 5.16 Å². The van der Waals surface area contributed by atoms with Crippen LogP contribution in [0.5, 0.6) is 5.75 Å². The largest absolute Gasteiger partial charge is 0.497 e. The number of carbonyl (C=O) groups excluding carboxylic acids is 1. The monoisotopic (exact) mass is 403 g/mol. The van der Waals surface area contributed by atoms with Crippen LogP contribution in [0, 0.1) is 0 Å². The Kier molecular flexibility index (Phi) is 5.32. The van der Waals surface area contributed by atoms with Crippen LogP contribution >= 0.6 is 27.7 Å². The second kappa shape index (κ2) is 7.63. The van der Waals surface area contributed by atoms with Crippen LogP contribution in [0.2, 0.25) is 0 Å². The molecule has 0 fully saturated rings. The third kappa shape index (κ3) is 3.85. The molecule has 0 saturated heterocycles. The molecule has 1 heterocycles. The van der Waals surface area contributed by atoms with Gasteiger partial charge in [0.1, 0.15) is 5.75 Å². The van der Waals surface area contributed by atoms with Crippen molar-refractivity contribution in [3.63, 3.8) is 0 Å². The van der Waals surface area contributed by atoms with Gasteiger partial charge in [0, 0.05) is 15.6 Å². The summed E-state index contributed by atoms with van der Waals surface area (Å²) in [4.78, 5) is 16.6. The second-order valence-corrected chi connectivity index (χ2v) is 6.68. The fraction of sp³-hybridized carbons (Fsp3) is 0.118. The van der Waals surface area contributed by atoms with Crippen molar-refractivity contribution in [2.24, 2.45) is 0 Å². The Morgan fingerprint density at radius 2 is 1.96 bits per heavy atom. The van der Waals surface area contributed by atoms with Gasteiger partial charge in [0.05, 0.1) is 12.9 Å². The lowest BCUT2D eigenvalue weighted by atomic mass is 10.1. The molecule has 5 nitrogen and oxygen atoms in total. The first-order valence-corrected chi connectivity index (χ1v) is 8.92. The van der Waals surface area contributed by atoms with E-state index in [1.54, 1.807) is 31.4 Å². The molecule has 122 valence electrons. The molecule has 24 heavy (non-hydrogen) atoms. The van der Waals surface area contributed by atoms with Gasteiger partial charge in [-0.2, -0.15) is 0 Å². The molecule has 0 aliphatic carbocycles. The normalized spacial score (nSPS) is 10.6. The van der Waals surface area contributed by atoms with Crippen LogP contribution in [0.15, 0.2) is 58.2 Å². The Hall–Kier alpha value is -2.12. The minimum absolute atomic E-state index is 0.0231. The summed E-state index contributed by atoms with van der Waals surface area (Å²) in [6.07, 6.45) is 0. The maximum atomic E-state index is 12.2. The van der Waals surface area contributed by atoms with Crippen molar-refractivity contribution in [1.82, 2.24) is 15.2 Å². The van der Waals surface area contributed by atoms with E-state index in [2.05, 4.69) is 31.1 Å². The van der Waals surface area contributed by atoms with Crippen LogP contribution in [-0.4, -0.2) is 33.8 Å². The number of halogens is 1. The number of ether oxygens (including phenoxy) is 1. The Balaban J connectivity index is 1.65. The highest BCUT2D eigenvalue weighted by Gasteiger charge is 2.12. The number of benzene rings is 2. The molecular formula is C17H14BrN3O2S. The highest BCUT2D eigenvalue weighted by Crippen LogP contribution is 2.26. The summed E-state index contributed by atoms with van der Waals surface area (Å²) in [6, 6.07) is 14.8. The van der Waals surface area contributed by atoms with Crippen molar-refractivity contribution >= 4 is 33.5 Å². The van der Waals surface area contributed by atoms with E-state index in [0.717, 1.165) is 15.8 Å². The maximum absolute atomic E-state index is 12.2. The smallest absolute Gasteiger partial charge is 0.209 e. The number of nitrogens with zero attached hydrogens (tertiary/aromatic N) is 2. The van der Waals surface area contributed by atoms with Crippen molar-refractivity contribution < 1.29 is 9.53 Å². The van der Waals surface area contributed by atoms with Gasteiger partial charge in [0.15, 0.2) is 11.6 Å². The molecule has 0 radical (unpaired) electrons. The van der Waals surface area contributed by atoms with Crippen molar-refractivity contribution in [2.45, 2.75) is 5.16 Å². The van der Waals surface area contributed by atoms with Gasteiger partial charge >= 0.3 is 0 Å². The number of aromatic nitrogens is 3. The molecule has 7 heteroatoms. The molecule has 0 amide bonds. The summed E-state index contributed by atoms with van der Waals surface area (Å²) in [5.74, 6) is 1.70. The predicted octanol–water partition coefficient (Wildman–Crippen LogP) is 4.22. The average molecular weight is 404 g/mol. The lowest BCUT2D eigenvalue weighted by Gasteiger charge is -2.02. The number of hydrogen-bond acceptors (Lipinski definition) is 5. The van der Waals surface area contributed by atoms with Gasteiger partial charge in [0.25, 0.3) is 0 Å². The third-order valence-corrected chi connectivity index (χ3v) is 4.88. The van der Waals surface area contributed by atoms with E-state index in [1.807, 2.05) is 24.3 Å². The number of thioether (sulfide) groups is 1.